The van der Waals surface area contributed by atoms with Crippen molar-refractivity contribution >= 4 is 0 Å². The van der Waals surface area contributed by atoms with Gasteiger partial charge in [-0.05, 0) is 25.0 Å². The van der Waals surface area contributed by atoms with Gasteiger partial charge in [0.15, 0.2) is 0 Å². The van der Waals surface area contributed by atoms with E-state index in [9.17, 15) is 0 Å². The summed E-state index contributed by atoms with van der Waals surface area (Å²) < 4.78 is 11.1. The fourth-order valence-corrected chi connectivity index (χ4v) is 1.91. The molecule has 1 aliphatic heterocycles. The molecule has 1 heterocycles. The summed E-state index contributed by atoms with van der Waals surface area (Å²) in [5.74, 6) is 0.952. The molecule has 0 saturated carbocycles. The Morgan fingerprint density at radius 3 is 2.94 bits per heavy atom. The molecule has 3 nitrogen and oxygen atoms in total. The summed E-state index contributed by atoms with van der Waals surface area (Å²) >= 11 is 0. The van der Waals surface area contributed by atoms with Crippen LogP contribution in [0.15, 0.2) is 30.3 Å². The smallest absolute Gasteiger partial charge is 0.137 e. The highest BCUT2D eigenvalue weighted by atomic mass is 16.5. The monoisotopic (exact) mass is 222 g/mol. The molecular weight excluding hydrogens is 202 g/mol. The van der Waals surface area contributed by atoms with Crippen molar-refractivity contribution in [2.45, 2.75) is 18.9 Å². The van der Waals surface area contributed by atoms with Crippen LogP contribution in [0.25, 0.3) is 0 Å². The molecule has 0 unspecified atom stereocenters. The summed E-state index contributed by atoms with van der Waals surface area (Å²) in [5.41, 5.74) is 0. The first-order chi connectivity index (χ1) is 7.95. The zero-order valence-electron chi connectivity index (χ0n) is 9.60. The van der Waals surface area contributed by atoms with Crippen molar-refractivity contribution in [1.29, 1.82) is 0 Å². The molecule has 0 spiro atoms. The number of hydrogen-bond acceptors (Lipinski definition) is 2. The summed E-state index contributed by atoms with van der Waals surface area (Å²) in [7, 11) is 0. The Balaban J connectivity index is 1.52. The average molecular weight is 222 g/mol. The van der Waals surface area contributed by atoms with Crippen LogP contribution in [0.5, 0.6) is 5.75 Å². The van der Waals surface area contributed by atoms with Gasteiger partial charge in [-0.3, -0.25) is 0 Å². The van der Waals surface area contributed by atoms with E-state index in [1.54, 1.807) is 0 Å². The van der Waals surface area contributed by atoms with E-state index in [1.807, 2.05) is 30.3 Å². The zero-order valence-corrected chi connectivity index (χ0v) is 9.60. The lowest BCUT2D eigenvalue weighted by Crippen LogP contribution is -2.87. The molecule has 1 atom stereocenters. The maximum absolute atomic E-state index is 5.60. The van der Waals surface area contributed by atoms with E-state index >= 15 is 0 Å². The van der Waals surface area contributed by atoms with Crippen LogP contribution in [0.1, 0.15) is 12.8 Å². The van der Waals surface area contributed by atoms with Gasteiger partial charge in [0.2, 0.25) is 0 Å². The Kier molecular flexibility index (Phi) is 4.65. The van der Waals surface area contributed by atoms with Crippen molar-refractivity contribution < 1.29 is 14.8 Å². The topological polar surface area (TPSA) is 35.1 Å². The first kappa shape index (κ1) is 11.4. The van der Waals surface area contributed by atoms with Crippen LogP contribution in [0, 0.1) is 0 Å². The largest absolute Gasteiger partial charge is 0.488 e. The molecule has 1 saturated heterocycles. The molecule has 0 bridgehead atoms. The highest BCUT2D eigenvalue weighted by Gasteiger charge is 2.16. The van der Waals surface area contributed by atoms with Crippen LogP contribution in [-0.2, 0) is 4.74 Å². The summed E-state index contributed by atoms with van der Waals surface area (Å²) in [6, 6.07) is 9.95. The summed E-state index contributed by atoms with van der Waals surface area (Å²) in [6.07, 6.45) is 2.91. The molecule has 88 valence electrons. The van der Waals surface area contributed by atoms with Crippen LogP contribution >= 0.6 is 0 Å². The molecule has 0 radical (unpaired) electrons. The molecular formula is C13H20NO2+. The molecule has 1 aliphatic rings. The van der Waals surface area contributed by atoms with Crippen LogP contribution < -0.4 is 10.1 Å². The highest BCUT2D eigenvalue weighted by molar-refractivity contribution is 5.20. The Morgan fingerprint density at radius 1 is 1.31 bits per heavy atom. The van der Waals surface area contributed by atoms with Crippen LogP contribution in [-0.4, -0.2) is 32.4 Å². The van der Waals surface area contributed by atoms with Crippen LogP contribution in [0.3, 0.4) is 0 Å². The third-order valence-electron chi connectivity index (χ3n) is 2.79. The summed E-state index contributed by atoms with van der Waals surface area (Å²) in [4.78, 5) is 0. The molecule has 0 amide bonds. The Labute approximate surface area is 96.8 Å². The maximum Gasteiger partial charge on any atom is 0.137 e. The van der Waals surface area contributed by atoms with Crippen molar-refractivity contribution in [3.63, 3.8) is 0 Å². The second kappa shape index (κ2) is 6.51. The predicted octanol–water partition coefficient (Wildman–Crippen LogP) is 0.808. The van der Waals surface area contributed by atoms with Gasteiger partial charge in [-0.25, -0.2) is 0 Å². The SMILES string of the molecule is c1ccc(OCC[NH2+]C[C@H]2CCCO2)cc1. The van der Waals surface area contributed by atoms with E-state index in [1.165, 1.54) is 12.8 Å². The number of ether oxygens (including phenoxy) is 2. The second-order valence-electron chi connectivity index (χ2n) is 4.11. The third kappa shape index (κ3) is 3.83. The molecule has 2 N–H and O–H groups in total. The van der Waals surface area contributed by atoms with Gasteiger partial charge in [-0.15, -0.1) is 0 Å². The standard InChI is InChI=1S/C13H19NO2/c1-2-5-12(6-3-1)16-10-8-14-11-13-7-4-9-15-13/h1-3,5-6,13-14H,4,7-11H2/p+1/t13-/m1/s1. The van der Waals surface area contributed by atoms with E-state index in [0.717, 1.165) is 32.1 Å². The van der Waals surface area contributed by atoms with Gasteiger partial charge >= 0.3 is 0 Å². The van der Waals surface area contributed by atoms with E-state index in [-0.39, 0.29) is 0 Å². The molecule has 2 rings (SSSR count). The normalized spacial score (nSPS) is 19.9. The van der Waals surface area contributed by atoms with E-state index < -0.39 is 0 Å². The maximum atomic E-state index is 5.60. The van der Waals surface area contributed by atoms with Gasteiger partial charge in [0.1, 0.15) is 31.5 Å². The lowest BCUT2D eigenvalue weighted by atomic mass is 10.2. The van der Waals surface area contributed by atoms with Gasteiger partial charge in [-0.1, -0.05) is 18.2 Å². The molecule has 1 aromatic rings. The lowest BCUT2D eigenvalue weighted by Gasteiger charge is -2.08. The molecule has 1 fully saturated rings. The number of rotatable bonds is 6. The Hall–Kier alpha value is -1.06. The summed E-state index contributed by atoms with van der Waals surface area (Å²) in [5, 5.41) is 2.28. The van der Waals surface area contributed by atoms with Crippen molar-refractivity contribution in [2.24, 2.45) is 0 Å². The van der Waals surface area contributed by atoms with E-state index in [0.29, 0.717) is 6.10 Å². The fraction of sp³-hybridized carbons (Fsp3) is 0.538. The Morgan fingerprint density at radius 2 is 2.19 bits per heavy atom. The minimum absolute atomic E-state index is 0.469. The molecule has 16 heavy (non-hydrogen) atoms. The van der Waals surface area contributed by atoms with Crippen LogP contribution in [0.4, 0.5) is 0 Å². The van der Waals surface area contributed by atoms with Crippen LogP contribution in [0.2, 0.25) is 0 Å². The third-order valence-corrected chi connectivity index (χ3v) is 2.79. The highest BCUT2D eigenvalue weighted by Crippen LogP contribution is 2.09. The summed E-state index contributed by atoms with van der Waals surface area (Å²) in [6.45, 7) is 3.77. The average Bonchev–Trinajstić information content (AvgIpc) is 2.83. The van der Waals surface area contributed by atoms with Gasteiger partial charge in [0.25, 0.3) is 0 Å². The number of quaternary nitrogens is 1. The van der Waals surface area contributed by atoms with E-state index in [4.69, 9.17) is 9.47 Å². The van der Waals surface area contributed by atoms with Crippen molar-refractivity contribution in [1.82, 2.24) is 0 Å². The molecule has 0 aromatic heterocycles. The van der Waals surface area contributed by atoms with Crippen molar-refractivity contribution in [3.05, 3.63) is 30.3 Å². The predicted molar refractivity (Wildman–Crippen MR) is 62.6 cm³/mol. The minimum Gasteiger partial charge on any atom is -0.488 e. The van der Waals surface area contributed by atoms with E-state index in [2.05, 4.69) is 5.32 Å². The quantitative estimate of drug-likeness (QED) is 0.723. The zero-order chi connectivity index (χ0) is 11.1. The number of para-hydroxylation sites is 1. The molecule has 1 aromatic carbocycles. The first-order valence-corrected chi connectivity index (χ1v) is 6.06. The van der Waals surface area contributed by atoms with Gasteiger partial charge < -0.3 is 14.8 Å². The number of benzene rings is 1. The lowest BCUT2D eigenvalue weighted by molar-refractivity contribution is -0.661. The second-order valence-corrected chi connectivity index (χ2v) is 4.11. The van der Waals surface area contributed by atoms with Gasteiger partial charge in [-0.2, -0.15) is 0 Å². The van der Waals surface area contributed by atoms with Crippen molar-refractivity contribution in [3.8, 4) is 5.75 Å². The Bertz CT molecular complexity index is 283. The van der Waals surface area contributed by atoms with Gasteiger partial charge in [0.05, 0.1) is 0 Å². The first-order valence-electron chi connectivity index (χ1n) is 6.06. The number of hydrogen-bond donors (Lipinski definition) is 1. The minimum atomic E-state index is 0.469. The molecule has 3 heteroatoms. The molecule has 0 aliphatic carbocycles. The van der Waals surface area contributed by atoms with Gasteiger partial charge in [0, 0.05) is 6.61 Å². The van der Waals surface area contributed by atoms with Crippen molar-refractivity contribution in [2.75, 3.05) is 26.3 Å². The number of nitrogens with two attached hydrogens (primary N) is 1. The fourth-order valence-electron chi connectivity index (χ4n) is 1.91.